The fourth-order valence-corrected chi connectivity index (χ4v) is 0.209. The van der Waals surface area contributed by atoms with E-state index in [0.717, 1.165) is 0 Å². The summed E-state index contributed by atoms with van der Waals surface area (Å²) in [5, 5.41) is 17.4. The molecule has 0 aromatic carbocycles. The van der Waals surface area contributed by atoms with Crippen LogP contribution >= 0.6 is 0 Å². The van der Waals surface area contributed by atoms with E-state index in [1.54, 1.807) is 0 Å². The summed E-state index contributed by atoms with van der Waals surface area (Å²) in [4.78, 5) is 19.1. The Labute approximate surface area is 62.3 Å². The monoisotopic (exact) mass is 180 g/mol. The first-order valence-corrected chi connectivity index (χ1v) is 2.04. The molecule has 0 saturated heterocycles. The minimum Gasteiger partial charge on any atom is -0.550 e. The van der Waals surface area contributed by atoms with E-state index in [-0.39, 0.29) is 23.5 Å². The van der Waals surface area contributed by atoms with Gasteiger partial charge in [-0.05, 0) is 6.42 Å². The molecule has 1 N–H and O–H groups in total. The average Bonchev–Trinajstić information content (AvgIpc) is 1.61. The molecule has 0 bridgehead atoms. The van der Waals surface area contributed by atoms with Crippen molar-refractivity contribution in [3.05, 3.63) is 0 Å². The van der Waals surface area contributed by atoms with Crippen LogP contribution in [0.15, 0.2) is 0 Å². The van der Waals surface area contributed by atoms with Crippen LogP contribution in [0.3, 0.4) is 0 Å². The van der Waals surface area contributed by atoms with E-state index in [0.29, 0.717) is 0 Å². The van der Waals surface area contributed by atoms with Crippen LogP contribution in [0.5, 0.6) is 0 Å². The first kappa shape index (κ1) is 11.3. The van der Waals surface area contributed by atoms with Crippen molar-refractivity contribution < 1.29 is 36.9 Å². The van der Waals surface area contributed by atoms with Gasteiger partial charge in [0.15, 0.2) is 0 Å². The Morgan fingerprint density at radius 3 is 1.89 bits per heavy atom. The molecule has 0 saturated carbocycles. The SMILES string of the molecule is O=C([O-])CCC(=O)O.[Cu+]. The van der Waals surface area contributed by atoms with Crippen LogP contribution in [-0.2, 0) is 26.7 Å². The Bertz CT molecular complexity index is 97.1. The van der Waals surface area contributed by atoms with E-state index >= 15 is 0 Å². The zero-order valence-electron chi connectivity index (χ0n) is 4.39. The molecule has 9 heavy (non-hydrogen) atoms. The van der Waals surface area contributed by atoms with Crippen molar-refractivity contribution in [2.24, 2.45) is 0 Å². The number of hydrogen-bond donors (Lipinski definition) is 1. The molecular weight excluding hydrogens is 176 g/mol. The summed E-state index contributed by atoms with van der Waals surface area (Å²) in [5.74, 6) is -2.44. The van der Waals surface area contributed by atoms with Crippen molar-refractivity contribution in [2.45, 2.75) is 12.8 Å². The second kappa shape index (κ2) is 5.59. The molecule has 0 aliphatic carbocycles. The maximum Gasteiger partial charge on any atom is 1.00 e. The average molecular weight is 181 g/mol. The van der Waals surface area contributed by atoms with E-state index < -0.39 is 18.4 Å². The van der Waals surface area contributed by atoms with Gasteiger partial charge in [0, 0.05) is 5.97 Å². The summed E-state index contributed by atoms with van der Waals surface area (Å²) < 4.78 is 0. The zero-order valence-corrected chi connectivity index (χ0v) is 5.33. The first-order valence-electron chi connectivity index (χ1n) is 2.04. The first-order chi connectivity index (χ1) is 3.63. The predicted molar refractivity (Wildman–Crippen MR) is 21.9 cm³/mol. The van der Waals surface area contributed by atoms with E-state index in [4.69, 9.17) is 5.11 Å². The quantitative estimate of drug-likeness (QED) is 0.542. The summed E-state index contributed by atoms with van der Waals surface area (Å²) in [6.45, 7) is 0. The molecule has 0 heterocycles. The minimum atomic E-state index is -1.33. The molecule has 4 nitrogen and oxygen atoms in total. The van der Waals surface area contributed by atoms with E-state index in [1.807, 2.05) is 0 Å². The van der Waals surface area contributed by atoms with Crippen molar-refractivity contribution >= 4 is 11.9 Å². The molecular formula is C4H5CuO4. The van der Waals surface area contributed by atoms with Gasteiger partial charge in [0.25, 0.3) is 0 Å². The van der Waals surface area contributed by atoms with Gasteiger partial charge in [-0.1, -0.05) is 0 Å². The molecule has 0 aromatic heterocycles. The Kier molecular flexibility index (Phi) is 7.01. The third-order valence-electron chi connectivity index (χ3n) is 0.543. The topological polar surface area (TPSA) is 77.4 Å². The van der Waals surface area contributed by atoms with E-state index in [1.165, 1.54) is 0 Å². The van der Waals surface area contributed by atoms with Crippen molar-refractivity contribution in [1.82, 2.24) is 0 Å². The molecule has 0 unspecified atom stereocenters. The predicted octanol–water partition coefficient (Wildman–Crippen LogP) is -1.40. The van der Waals surface area contributed by atoms with Gasteiger partial charge >= 0.3 is 23.0 Å². The van der Waals surface area contributed by atoms with Gasteiger partial charge in [0.2, 0.25) is 0 Å². The summed E-state index contributed by atoms with van der Waals surface area (Å²) >= 11 is 0. The Balaban J connectivity index is 0. The maximum atomic E-state index is 9.61. The van der Waals surface area contributed by atoms with Gasteiger partial charge in [-0.25, -0.2) is 0 Å². The Morgan fingerprint density at radius 2 is 1.78 bits per heavy atom. The summed E-state index contributed by atoms with van der Waals surface area (Å²) in [5.41, 5.74) is 0. The van der Waals surface area contributed by atoms with E-state index in [9.17, 15) is 14.7 Å². The van der Waals surface area contributed by atoms with Crippen LogP contribution in [0.1, 0.15) is 12.8 Å². The molecule has 0 atom stereocenters. The van der Waals surface area contributed by atoms with Crippen molar-refractivity contribution in [3.8, 4) is 0 Å². The minimum absolute atomic E-state index is 0. The number of hydrogen-bond acceptors (Lipinski definition) is 3. The summed E-state index contributed by atoms with van der Waals surface area (Å²) in [7, 11) is 0. The molecule has 0 spiro atoms. The third kappa shape index (κ3) is 11.2. The van der Waals surface area contributed by atoms with Crippen molar-refractivity contribution in [2.75, 3.05) is 0 Å². The number of carbonyl (C=O) groups is 2. The van der Waals surface area contributed by atoms with Crippen molar-refractivity contribution in [1.29, 1.82) is 0 Å². The molecule has 0 amide bonds. The fraction of sp³-hybridized carbons (Fsp3) is 0.500. The van der Waals surface area contributed by atoms with Gasteiger partial charge in [-0.15, -0.1) is 0 Å². The number of carboxylic acid groups (broad SMARTS) is 2. The van der Waals surface area contributed by atoms with Gasteiger partial charge in [0.05, 0.1) is 6.42 Å². The summed E-state index contributed by atoms with van der Waals surface area (Å²) in [6.07, 6.45) is -0.766. The molecule has 5 heteroatoms. The molecule has 0 rings (SSSR count). The number of rotatable bonds is 3. The van der Waals surface area contributed by atoms with Gasteiger partial charge in [0.1, 0.15) is 0 Å². The summed E-state index contributed by atoms with van der Waals surface area (Å²) in [6, 6.07) is 0. The van der Waals surface area contributed by atoms with Gasteiger partial charge in [-0.3, -0.25) is 4.79 Å². The molecule has 0 aliphatic heterocycles. The molecule has 0 fully saturated rings. The zero-order chi connectivity index (χ0) is 6.57. The smallest absolute Gasteiger partial charge is 0.550 e. The van der Waals surface area contributed by atoms with Crippen molar-refractivity contribution in [3.63, 3.8) is 0 Å². The molecule has 0 aromatic rings. The molecule has 0 aliphatic rings. The Morgan fingerprint density at radius 1 is 1.33 bits per heavy atom. The number of carboxylic acids is 2. The Hall–Kier alpha value is -0.541. The van der Waals surface area contributed by atoms with Crippen LogP contribution in [0, 0.1) is 0 Å². The number of aliphatic carboxylic acids is 2. The van der Waals surface area contributed by atoms with Crippen LogP contribution in [-0.4, -0.2) is 17.0 Å². The van der Waals surface area contributed by atoms with Gasteiger partial charge in [-0.2, -0.15) is 0 Å². The normalized spacial score (nSPS) is 7.56. The molecule has 0 radical (unpaired) electrons. The van der Waals surface area contributed by atoms with Gasteiger partial charge < -0.3 is 15.0 Å². The van der Waals surface area contributed by atoms with Crippen LogP contribution in [0.2, 0.25) is 0 Å². The van der Waals surface area contributed by atoms with Crippen LogP contribution in [0.4, 0.5) is 0 Å². The largest absolute Gasteiger partial charge is 1.00 e. The molecule has 56 valence electrons. The third-order valence-corrected chi connectivity index (χ3v) is 0.543. The maximum absolute atomic E-state index is 9.61. The fourth-order valence-electron chi connectivity index (χ4n) is 0.209. The second-order valence-corrected chi connectivity index (χ2v) is 1.27. The van der Waals surface area contributed by atoms with E-state index in [2.05, 4.69) is 0 Å². The standard InChI is InChI=1S/C4H6O4.Cu/c5-3(6)1-2-4(7)8;/h1-2H2,(H,5,6)(H,7,8);/q;+1/p-1. The van der Waals surface area contributed by atoms with Crippen LogP contribution < -0.4 is 5.11 Å². The van der Waals surface area contributed by atoms with Crippen LogP contribution in [0.25, 0.3) is 0 Å². The second-order valence-electron chi connectivity index (χ2n) is 1.27. The number of carbonyl (C=O) groups excluding carboxylic acids is 1.